The molecule has 1 aromatic carbocycles. The Morgan fingerprint density at radius 1 is 1.42 bits per heavy atom. The van der Waals surface area contributed by atoms with Gasteiger partial charge in [0.05, 0.1) is 6.04 Å². The average molecular weight is 279 g/mol. The number of carbonyl (C=O) groups is 1. The number of carbonyl (C=O) groups excluding carboxylic acids is 1. The molecule has 1 saturated heterocycles. The van der Waals surface area contributed by atoms with Crippen molar-refractivity contribution in [2.75, 3.05) is 11.9 Å². The molecular formula is C15H19ClN2O. The van der Waals surface area contributed by atoms with Gasteiger partial charge in [-0.15, -0.1) is 0 Å². The SMILES string of the molecule is Cc1ccc(NC(=O)C2NCC3CCCC32)cc1Cl. The van der Waals surface area contributed by atoms with Gasteiger partial charge in [-0.3, -0.25) is 4.79 Å². The number of nitrogens with one attached hydrogen (secondary N) is 2. The van der Waals surface area contributed by atoms with E-state index >= 15 is 0 Å². The zero-order valence-corrected chi connectivity index (χ0v) is 11.8. The van der Waals surface area contributed by atoms with Crippen molar-refractivity contribution in [2.45, 2.75) is 32.2 Å². The van der Waals surface area contributed by atoms with Crippen LogP contribution in [0, 0.1) is 18.8 Å². The van der Waals surface area contributed by atoms with Gasteiger partial charge in [0.1, 0.15) is 0 Å². The third-order valence-corrected chi connectivity index (χ3v) is 4.88. The van der Waals surface area contributed by atoms with Gasteiger partial charge < -0.3 is 10.6 Å². The first-order valence-electron chi connectivity index (χ1n) is 6.95. The van der Waals surface area contributed by atoms with Gasteiger partial charge in [0.15, 0.2) is 0 Å². The van der Waals surface area contributed by atoms with Crippen molar-refractivity contribution < 1.29 is 4.79 Å². The van der Waals surface area contributed by atoms with E-state index in [1.54, 1.807) is 0 Å². The van der Waals surface area contributed by atoms with Gasteiger partial charge in [0.25, 0.3) is 0 Å². The summed E-state index contributed by atoms with van der Waals surface area (Å²) < 4.78 is 0. The lowest BCUT2D eigenvalue weighted by atomic mass is 9.93. The van der Waals surface area contributed by atoms with Crippen molar-refractivity contribution in [1.29, 1.82) is 0 Å². The summed E-state index contributed by atoms with van der Waals surface area (Å²) in [6.07, 6.45) is 3.69. The lowest BCUT2D eigenvalue weighted by Gasteiger charge is -2.18. The summed E-state index contributed by atoms with van der Waals surface area (Å²) in [5, 5.41) is 7.03. The van der Waals surface area contributed by atoms with Gasteiger partial charge in [0, 0.05) is 10.7 Å². The molecule has 0 aromatic heterocycles. The molecule has 1 aliphatic carbocycles. The van der Waals surface area contributed by atoms with Gasteiger partial charge in [-0.2, -0.15) is 0 Å². The average Bonchev–Trinajstić information content (AvgIpc) is 2.95. The Bertz CT molecular complexity index is 503. The Kier molecular flexibility index (Phi) is 3.50. The van der Waals surface area contributed by atoms with Crippen LogP contribution in [0.3, 0.4) is 0 Å². The molecule has 3 unspecified atom stereocenters. The van der Waals surface area contributed by atoms with Crippen LogP contribution in [-0.4, -0.2) is 18.5 Å². The Morgan fingerprint density at radius 2 is 2.26 bits per heavy atom. The number of rotatable bonds is 2. The molecule has 19 heavy (non-hydrogen) atoms. The van der Waals surface area contributed by atoms with E-state index in [0.717, 1.165) is 17.8 Å². The lowest BCUT2D eigenvalue weighted by molar-refractivity contribution is -0.118. The normalized spacial score (nSPS) is 29.3. The topological polar surface area (TPSA) is 41.1 Å². The zero-order valence-electron chi connectivity index (χ0n) is 11.1. The van der Waals surface area contributed by atoms with Crippen LogP contribution in [0.5, 0.6) is 0 Å². The van der Waals surface area contributed by atoms with Crippen molar-refractivity contribution in [1.82, 2.24) is 5.32 Å². The molecule has 3 atom stereocenters. The molecule has 1 heterocycles. The predicted octanol–water partition coefficient (Wildman–Crippen LogP) is 2.98. The van der Waals surface area contributed by atoms with Gasteiger partial charge >= 0.3 is 0 Å². The molecule has 2 N–H and O–H groups in total. The third-order valence-electron chi connectivity index (χ3n) is 4.47. The first kappa shape index (κ1) is 12.9. The fourth-order valence-electron chi connectivity index (χ4n) is 3.37. The highest BCUT2D eigenvalue weighted by Gasteiger charge is 2.42. The van der Waals surface area contributed by atoms with Crippen LogP contribution < -0.4 is 10.6 Å². The molecule has 1 aromatic rings. The minimum atomic E-state index is -0.0346. The van der Waals surface area contributed by atoms with Crippen LogP contribution in [0.1, 0.15) is 24.8 Å². The second-order valence-electron chi connectivity index (χ2n) is 5.69. The van der Waals surface area contributed by atoms with E-state index in [9.17, 15) is 4.79 Å². The zero-order chi connectivity index (χ0) is 13.4. The molecule has 2 fully saturated rings. The molecule has 1 saturated carbocycles. The lowest BCUT2D eigenvalue weighted by Crippen LogP contribution is -2.39. The highest BCUT2D eigenvalue weighted by molar-refractivity contribution is 6.31. The third kappa shape index (κ3) is 2.49. The van der Waals surface area contributed by atoms with E-state index in [1.807, 2.05) is 25.1 Å². The van der Waals surface area contributed by atoms with Gasteiger partial charge in [0.2, 0.25) is 5.91 Å². The van der Waals surface area contributed by atoms with Gasteiger partial charge in [-0.05, 0) is 55.8 Å². The first-order chi connectivity index (χ1) is 9.15. The van der Waals surface area contributed by atoms with Crippen molar-refractivity contribution in [3.63, 3.8) is 0 Å². The number of hydrogen-bond donors (Lipinski definition) is 2. The Morgan fingerprint density at radius 3 is 3.05 bits per heavy atom. The van der Waals surface area contributed by atoms with Crippen LogP contribution >= 0.6 is 11.6 Å². The predicted molar refractivity (Wildman–Crippen MR) is 77.4 cm³/mol. The fraction of sp³-hybridized carbons (Fsp3) is 0.533. The number of halogens is 1. The molecule has 2 aliphatic rings. The van der Waals surface area contributed by atoms with Crippen LogP contribution in [-0.2, 0) is 4.79 Å². The van der Waals surface area contributed by atoms with Crippen LogP contribution in [0.25, 0.3) is 0 Å². The van der Waals surface area contributed by atoms with Crippen molar-refractivity contribution in [2.24, 2.45) is 11.8 Å². The van der Waals surface area contributed by atoms with E-state index in [-0.39, 0.29) is 11.9 Å². The molecular weight excluding hydrogens is 260 g/mol. The van der Waals surface area contributed by atoms with Gasteiger partial charge in [-0.1, -0.05) is 24.1 Å². The monoisotopic (exact) mass is 278 g/mol. The number of aryl methyl sites for hydroxylation is 1. The summed E-state index contributed by atoms with van der Waals surface area (Å²) in [4.78, 5) is 12.3. The molecule has 0 radical (unpaired) electrons. The van der Waals surface area contributed by atoms with Gasteiger partial charge in [-0.25, -0.2) is 0 Å². The van der Waals surface area contributed by atoms with Crippen molar-refractivity contribution in [3.8, 4) is 0 Å². The van der Waals surface area contributed by atoms with E-state index in [1.165, 1.54) is 19.3 Å². The van der Waals surface area contributed by atoms with Crippen LogP contribution in [0.15, 0.2) is 18.2 Å². The largest absolute Gasteiger partial charge is 0.325 e. The van der Waals surface area contributed by atoms with E-state index in [2.05, 4.69) is 10.6 Å². The maximum atomic E-state index is 12.3. The second kappa shape index (κ2) is 5.14. The number of benzene rings is 1. The molecule has 102 valence electrons. The molecule has 3 rings (SSSR count). The maximum absolute atomic E-state index is 12.3. The fourth-order valence-corrected chi connectivity index (χ4v) is 3.55. The van der Waals surface area contributed by atoms with Crippen LogP contribution in [0.2, 0.25) is 5.02 Å². The Balaban J connectivity index is 1.69. The van der Waals surface area contributed by atoms with E-state index < -0.39 is 0 Å². The first-order valence-corrected chi connectivity index (χ1v) is 7.33. The summed E-state index contributed by atoms with van der Waals surface area (Å²) in [6, 6.07) is 5.61. The smallest absolute Gasteiger partial charge is 0.241 e. The summed E-state index contributed by atoms with van der Waals surface area (Å²) >= 11 is 6.08. The minimum absolute atomic E-state index is 0.0346. The second-order valence-corrected chi connectivity index (χ2v) is 6.10. The number of anilines is 1. The molecule has 1 aliphatic heterocycles. The number of amides is 1. The summed E-state index contributed by atoms with van der Waals surface area (Å²) in [5.74, 6) is 1.28. The molecule has 3 nitrogen and oxygen atoms in total. The minimum Gasteiger partial charge on any atom is -0.325 e. The molecule has 0 bridgehead atoms. The Hall–Kier alpha value is -1.06. The maximum Gasteiger partial charge on any atom is 0.241 e. The van der Waals surface area contributed by atoms with Crippen LogP contribution in [0.4, 0.5) is 5.69 Å². The molecule has 1 amide bonds. The summed E-state index contributed by atoms with van der Waals surface area (Å²) in [5.41, 5.74) is 1.80. The van der Waals surface area contributed by atoms with E-state index in [4.69, 9.17) is 11.6 Å². The van der Waals surface area contributed by atoms with E-state index in [0.29, 0.717) is 16.9 Å². The van der Waals surface area contributed by atoms with Crippen molar-refractivity contribution >= 4 is 23.2 Å². The highest BCUT2D eigenvalue weighted by Crippen LogP contribution is 2.38. The standard InChI is InChI=1S/C15H19ClN2O/c1-9-5-6-11(7-13(9)16)18-15(19)14-12-4-2-3-10(12)8-17-14/h5-7,10,12,14,17H,2-4,8H2,1H3,(H,18,19). The number of hydrogen-bond acceptors (Lipinski definition) is 2. The highest BCUT2D eigenvalue weighted by atomic mass is 35.5. The molecule has 4 heteroatoms. The summed E-state index contributed by atoms with van der Waals surface area (Å²) in [7, 11) is 0. The quantitative estimate of drug-likeness (QED) is 0.873. The van der Waals surface area contributed by atoms with Crippen molar-refractivity contribution in [3.05, 3.63) is 28.8 Å². The molecule has 0 spiro atoms. The Labute approximate surface area is 118 Å². The number of fused-ring (bicyclic) bond motifs is 1. The summed E-state index contributed by atoms with van der Waals surface area (Å²) in [6.45, 7) is 2.94.